The summed E-state index contributed by atoms with van der Waals surface area (Å²) in [5, 5.41) is 2.50. The molecule has 6 nitrogen and oxygen atoms in total. The molecule has 1 aromatic heterocycles. The molecule has 0 spiro atoms. The number of hydrogen-bond acceptors (Lipinski definition) is 4. The molecule has 2 N–H and O–H groups in total. The van der Waals surface area contributed by atoms with Crippen molar-refractivity contribution in [3.63, 3.8) is 0 Å². The summed E-state index contributed by atoms with van der Waals surface area (Å²) in [5.74, 6) is 0.431. The van der Waals surface area contributed by atoms with Gasteiger partial charge in [-0.15, -0.1) is 6.58 Å². The van der Waals surface area contributed by atoms with Crippen LogP contribution in [0.5, 0.6) is 0 Å². The third kappa shape index (κ3) is 4.70. The second-order valence-corrected chi connectivity index (χ2v) is 5.78. The van der Waals surface area contributed by atoms with E-state index in [0.29, 0.717) is 17.9 Å². The third-order valence-electron chi connectivity index (χ3n) is 3.82. The van der Waals surface area contributed by atoms with Crippen LogP contribution < -0.4 is 10.9 Å². The molecule has 0 saturated heterocycles. The fraction of sp³-hybridized carbons (Fsp3) is 0.0952. The monoisotopic (exact) mass is 361 g/mol. The molecule has 0 aliphatic carbocycles. The summed E-state index contributed by atoms with van der Waals surface area (Å²) in [7, 11) is 0. The number of aromatic nitrogens is 2. The van der Waals surface area contributed by atoms with Crippen molar-refractivity contribution in [3.05, 3.63) is 94.9 Å². The van der Waals surface area contributed by atoms with Crippen LogP contribution >= 0.6 is 0 Å². The number of nitrogens with one attached hydrogen (secondary N) is 2. The van der Waals surface area contributed by atoms with E-state index in [1.54, 1.807) is 6.08 Å². The number of benzene rings is 2. The minimum Gasteiger partial charge on any atom is -0.444 e. The maximum Gasteiger partial charge on any atom is 0.412 e. The Morgan fingerprint density at radius 3 is 2.44 bits per heavy atom. The second kappa shape index (κ2) is 8.62. The molecule has 3 aromatic rings. The van der Waals surface area contributed by atoms with Gasteiger partial charge in [0.1, 0.15) is 18.1 Å². The van der Waals surface area contributed by atoms with Crippen LogP contribution in [0, 0.1) is 0 Å². The zero-order chi connectivity index (χ0) is 19.1. The Bertz CT molecular complexity index is 983. The van der Waals surface area contributed by atoms with Gasteiger partial charge in [-0.1, -0.05) is 66.7 Å². The molecule has 2 aromatic carbocycles. The maximum absolute atomic E-state index is 12.5. The molecule has 1 heterocycles. The van der Waals surface area contributed by atoms with Crippen LogP contribution in [0.4, 0.5) is 10.5 Å². The van der Waals surface area contributed by atoms with E-state index < -0.39 is 11.7 Å². The van der Waals surface area contributed by atoms with Crippen molar-refractivity contribution in [3.8, 4) is 11.4 Å². The molecule has 3 rings (SSSR count). The molecule has 27 heavy (non-hydrogen) atoms. The average Bonchev–Trinajstić information content (AvgIpc) is 2.70. The maximum atomic E-state index is 12.5. The van der Waals surface area contributed by atoms with Crippen molar-refractivity contribution >= 4 is 11.8 Å². The summed E-state index contributed by atoms with van der Waals surface area (Å²) in [4.78, 5) is 31.8. The van der Waals surface area contributed by atoms with Crippen LogP contribution in [0.3, 0.4) is 0 Å². The summed E-state index contributed by atoms with van der Waals surface area (Å²) < 4.78 is 5.18. The lowest BCUT2D eigenvalue weighted by molar-refractivity contribution is 0.155. The van der Waals surface area contributed by atoms with Gasteiger partial charge in [-0.3, -0.25) is 10.1 Å². The van der Waals surface area contributed by atoms with Gasteiger partial charge < -0.3 is 9.72 Å². The van der Waals surface area contributed by atoms with Gasteiger partial charge in [-0.2, -0.15) is 0 Å². The molecule has 6 heteroatoms. The third-order valence-corrected chi connectivity index (χ3v) is 3.82. The van der Waals surface area contributed by atoms with E-state index in [0.717, 1.165) is 11.1 Å². The number of hydrogen-bond donors (Lipinski definition) is 2. The molecular formula is C21H19N3O3. The fourth-order valence-corrected chi connectivity index (χ4v) is 2.53. The van der Waals surface area contributed by atoms with Gasteiger partial charge in [-0.05, 0) is 5.56 Å². The normalized spacial score (nSPS) is 10.2. The average molecular weight is 361 g/mol. The summed E-state index contributed by atoms with van der Waals surface area (Å²) in [6, 6.07) is 18.6. The van der Waals surface area contributed by atoms with Gasteiger partial charge in [0, 0.05) is 12.0 Å². The molecule has 0 unspecified atom stereocenters. The van der Waals surface area contributed by atoms with Crippen molar-refractivity contribution in [1.82, 2.24) is 9.97 Å². The Kier molecular flexibility index (Phi) is 5.79. The Morgan fingerprint density at radius 1 is 1.11 bits per heavy atom. The molecule has 0 aliphatic rings. The summed E-state index contributed by atoms with van der Waals surface area (Å²) in [6.45, 7) is 3.80. The largest absolute Gasteiger partial charge is 0.444 e. The lowest BCUT2D eigenvalue weighted by Crippen LogP contribution is -2.24. The van der Waals surface area contributed by atoms with Gasteiger partial charge in [0.25, 0.3) is 5.56 Å². The quantitative estimate of drug-likeness (QED) is 0.652. The van der Waals surface area contributed by atoms with Crippen molar-refractivity contribution in [2.24, 2.45) is 0 Å². The highest BCUT2D eigenvalue weighted by atomic mass is 16.5. The van der Waals surface area contributed by atoms with Crippen molar-refractivity contribution in [2.75, 3.05) is 5.32 Å². The minimum absolute atomic E-state index is 0.0626. The number of aromatic amines is 1. The standard InChI is InChI=1S/C21H19N3O3/c1-2-9-17-18(23-21(26)27-14-15-10-5-3-6-11-15)20(25)24-19(22-17)16-12-7-4-8-13-16/h2-8,10-13H,1,9,14H2,(H,23,26)(H,22,24,25). The van der Waals surface area contributed by atoms with E-state index >= 15 is 0 Å². The molecule has 1 amide bonds. The fourth-order valence-electron chi connectivity index (χ4n) is 2.53. The number of rotatable bonds is 6. The van der Waals surface area contributed by atoms with Gasteiger partial charge >= 0.3 is 6.09 Å². The van der Waals surface area contributed by atoms with Crippen LogP contribution in [-0.2, 0) is 17.8 Å². The van der Waals surface area contributed by atoms with Crippen LogP contribution in [0.15, 0.2) is 78.1 Å². The van der Waals surface area contributed by atoms with Crippen LogP contribution in [0.1, 0.15) is 11.3 Å². The van der Waals surface area contributed by atoms with E-state index in [4.69, 9.17) is 4.74 Å². The first-order valence-corrected chi connectivity index (χ1v) is 8.44. The molecule has 0 atom stereocenters. The number of H-pyrrole nitrogens is 1. The number of carbonyl (C=O) groups excluding carboxylic acids is 1. The molecule has 0 bridgehead atoms. The first kappa shape index (κ1) is 18.1. The van der Waals surface area contributed by atoms with Crippen molar-refractivity contribution < 1.29 is 9.53 Å². The SMILES string of the molecule is C=CCc1nc(-c2ccccc2)[nH]c(=O)c1NC(=O)OCc1ccccc1. The lowest BCUT2D eigenvalue weighted by atomic mass is 10.2. The Labute approximate surface area is 156 Å². The lowest BCUT2D eigenvalue weighted by Gasteiger charge is -2.11. The second-order valence-electron chi connectivity index (χ2n) is 5.78. The number of allylic oxidation sites excluding steroid dienone is 1. The smallest absolute Gasteiger partial charge is 0.412 e. The highest BCUT2D eigenvalue weighted by molar-refractivity contribution is 5.85. The van der Waals surface area contributed by atoms with E-state index in [2.05, 4.69) is 21.9 Å². The van der Waals surface area contributed by atoms with Gasteiger partial charge in [0.05, 0.1) is 5.69 Å². The molecule has 0 radical (unpaired) electrons. The van der Waals surface area contributed by atoms with E-state index in [1.165, 1.54) is 0 Å². The van der Waals surface area contributed by atoms with E-state index in [9.17, 15) is 9.59 Å². The number of ether oxygens (including phenoxy) is 1. The summed E-state index contributed by atoms with van der Waals surface area (Å²) in [5.41, 5.74) is 1.66. The van der Waals surface area contributed by atoms with Gasteiger partial charge in [0.2, 0.25) is 0 Å². The first-order valence-electron chi connectivity index (χ1n) is 8.44. The predicted molar refractivity (Wildman–Crippen MR) is 104 cm³/mol. The zero-order valence-electron chi connectivity index (χ0n) is 14.6. The zero-order valence-corrected chi connectivity index (χ0v) is 14.6. The van der Waals surface area contributed by atoms with Crippen LogP contribution in [0.2, 0.25) is 0 Å². The Morgan fingerprint density at radius 2 is 1.78 bits per heavy atom. The van der Waals surface area contributed by atoms with Gasteiger partial charge in [0.15, 0.2) is 0 Å². The van der Waals surface area contributed by atoms with Crippen molar-refractivity contribution in [1.29, 1.82) is 0 Å². The first-order chi connectivity index (χ1) is 13.2. The Balaban J connectivity index is 1.80. The van der Waals surface area contributed by atoms with Crippen LogP contribution in [-0.4, -0.2) is 16.1 Å². The van der Waals surface area contributed by atoms with Gasteiger partial charge in [-0.25, -0.2) is 9.78 Å². The summed E-state index contributed by atoms with van der Waals surface area (Å²) >= 11 is 0. The minimum atomic E-state index is -0.719. The van der Waals surface area contributed by atoms with E-state index in [-0.39, 0.29) is 12.3 Å². The number of nitrogens with zero attached hydrogens (tertiary/aromatic N) is 1. The highest BCUT2D eigenvalue weighted by Crippen LogP contribution is 2.17. The van der Waals surface area contributed by atoms with Crippen LogP contribution in [0.25, 0.3) is 11.4 Å². The molecule has 0 saturated carbocycles. The number of anilines is 1. The Hall–Kier alpha value is -3.67. The highest BCUT2D eigenvalue weighted by Gasteiger charge is 2.15. The molecule has 136 valence electrons. The predicted octanol–water partition coefficient (Wildman–Crippen LogP) is 3.91. The molecular weight excluding hydrogens is 342 g/mol. The van der Waals surface area contributed by atoms with E-state index in [1.807, 2.05) is 60.7 Å². The molecule has 0 fully saturated rings. The van der Waals surface area contributed by atoms with Crippen molar-refractivity contribution in [2.45, 2.75) is 13.0 Å². The molecule has 0 aliphatic heterocycles. The number of amides is 1. The topological polar surface area (TPSA) is 84.1 Å². The summed E-state index contributed by atoms with van der Waals surface area (Å²) in [6.07, 6.45) is 1.23. The number of carbonyl (C=O) groups is 1.